The molecule has 5 atom stereocenters. The Balaban J connectivity index is 1.87. The maximum Gasteiger partial charge on any atom is 0.342 e. The van der Waals surface area contributed by atoms with Crippen molar-refractivity contribution in [1.29, 1.82) is 0 Å². The minimum atomic E-state index is -1.58. The molecule has 1 aliphatic heterocycles. The maximum atomic E-state index is 12.4. The van der Waals surface area contributed by atoms with E-state index >= 15 is 0 Å². The van der Waals surface area contributed by atoms with E-state index in [1.807, 2.05) is 0 Å². The average molecular weight is 466 g/mol. The van der Waals surface area contributed by atoms with Gasteiger partial charge in [-0.15, -0.1) is 0 Å². The van der Waals surface area contributed by atoms with Crippen LogP contribution in [0.15, 0.2) is 24.3 Å². The number of hydrogen-bond acceptors (Lipinski definition) is 10. The van der Waals surface area contributed by atoms with Crippen molar-refractivity contribution >= 4 is 16.7 Å². The molecular weight excluding hydrogens is 436 g/mol. The van der Waals surface area contributed by atoms with Crippen LogP contribution < -0.4 is 0 Å². The van der Waals surface area contributed by atoms with Crippen LogP contribution in [0, 0.1) is 0 Å². The van der Waals surface area contributed by atoms with E-state index in [2.05, 4.69) is 0 Å². The minimum absolute atomic E-state index is 0.0824. The molecule has 5 unspecified atom stereocenters. The first-order valence-corrected chi connectivity index (χ1v) is 10.5. The molecule has 2 aromatic rings. The largest absolute Gasteiger partial charge is 0.507 e. The quantitative estimate of drug-likeness (QED) is 0.251. The number of aliphatic hydroxyl groups is 4. The zero-order valence-electron chi connectivity index (χ0n) is 18.6. The average Bonchev–Trinajstić information content (AvgIpc) is 2.80. The Bertz CT molecular complexity index is 1000. The summed E-state index contributed by atoms with van der Waals surface area (Å²) in [4.78, 5) is 12.4. The Morgan fingerprint density at radius 1 is 1.03 bits per heavy atom. The van der Waals surface area contributed by atoms with E-state index in [1.165, 1.54) is 7.11 Å². The second-order valence-corrected chi connectivity index (χ2v) is 8.66. The van der Waals surface area contributed by atoms with E-state index in [0.29, 0.717) is 10.8 Å². The number of fused-ring (bicyclic) bond motifs is 1. The Morgan fingerprint density at radius 3 is 2.21 bits per heavy atom. The molecule has 0 spiro atoms. The summed E-state index contributed by atoms with van der Waals surface area (Å²) in [5, 5.41) is 61.8. The summed E-state index contributed by atoms with van der Waals surface area (Å²) in [6.45, 7) is 2.76. The Morgan fingerprint density at radius 2 is 1.64 bits per heavy atom. The van der Waals surface area contributed by atoms with Crippen molar-refractivity contribution in [2.45, 2.75) is 63.0 Å². The van der Waals surface area contributed by atoms with Crippen LogP contribution in [0.2, 0.25) is 0 Å². The Labute approximate surface area is 190 Å². The summed E-state index contributed by atoms with van der Waals surface area (Å²) in [5.74, 6) is -1.29. The van der Waals surface area contributed by atoms with Crippen LogP contribution in [-0.4, -0.2) is 86.6 Å². The molecule has 1 fully saturated rings. The lowest BCUT2D eigenvalue weighted by atomic mass is 9.91. The molecule has 1 aliphatic rings. The van der Waals surface area contributed by atoms with Gasteiger partial charge in [0.25, 0.3) is 0 Å². The summed E-state index contributed by atoms with van der Waals surface area (Å²) in [5.41, 5.74) is -1.00. The number of rotatable bonds is 7. The van der Waals surface area contributed by atoms with Crippen LogP contribution in [0.4, 0.5) is 0 Å². The molecule has 182 valence electrons. The second-order valence-electron chi connectivity index (χ2n) is 8.66. The van der Waals surface area contributed by atoms with Crippen LogP contribution in [0.5, 0.6) is 11.5 Å². The third-order valence-corrected chi connectivity index (χ3v) is 5.91. The van der Waals surface area contributed by atoms with E-state index in [1.54, 1.807) is 38.1 Å². The highest BCUT2D eigenvalue weighted by molar-refractivity contribution is 6.05. The molecule has 1 saturated heterocycles. The fourth-order valence-electron chi connectivity index (χ4n) is 3.98. The maximum absolute atomic E-state index is 12.4. The SMILES string of the molecule is COC(=O)c1c(CCC(C)(C)OC2OC(CO)C(O)C(O)C2O)c(O)c2ccccc2c1O. The number of carbonyl (C=O) groups is 1. The first-order chi connectivity index (χ1) is 15.5. The van der Waals surface area contributed by atoms with Gasteiger partial charge in [0.05, 0.1) is 19.3 Å². The summed E-state index contributed by atoms with van der Waals surface area (Å²) in [6.07, 6.45) is -6.83. The summed E-state index contributed by atoms with van der Waals surface area (Å²) in [6, 6.07) is 6.55. The number of hydrogen-bond donors (Lipinski definition) is 6. The fourth-order valence-corrected chi connectivity index (χ4v) is 3.98. The first kappa shape index (κ1) is 25.2. The van der Waals surface area contributed by atoms with Gasteiger partial charge in [0, 0.05) is 16.3 Å². The van der Waals surface area contributed by atoms with Crippen molar-refractivity contribution in [2.75, 3.05) is 13.7 Å². The molecule has 0 amide bonds. The lowest BCUT2D eigenvalue weighted by Gasteiger charge is -2.42. The highest BCUT2D eigenvalue weighted by atomic mass is 16.7. The minimum Gasteiger partial charge on any atom is -0.507 e. The molecule has 0 saturated carbocycles. The van der Waals surface area contributed by atoms with Gasteiger partial charge in [-0.2, -0.15) is 0 Å². The third-order valence-electron chi connectivity index (χ3n) is 5.91. The van der Waals surface area contributed by atoms with Crippen molar-refractivity contribution in [3.05, 3.63) is 35.4 Å². The van der Waals surface area contributed by atoms with Crippen molar-refractivity contribution in [2.24, 2.45) is 0 Å². The van der Waals surface area contributed by atoms with E-state index in [0.717, 1.165) is 0 Å². The number of ether oxygens (including phenoxy) is 3. The van der Waals surface area contributed by atoms with Crippen LogP contribution in [0.3, 0.4) is 0 Å². The number of aliphatic hydroxyl groups excluding tert-OH is 4. The van der Waals surface area contributed by atoms with Gasteiger partial charge < -0.3 is 44.8 Å². The first-order valence-electron chi connectivity index (χ1n) is 10.5. The van der Waals surface area contributed by atoms with Crippen molar-refractivity contribution in [1.82, 2.24) is 0 Å². The number of benzene rings is 2. The number of phenolic OH excluding ortho intramolecular Hbond substituents is 2. The highest BCUT2D eigenvalue weighted by Gasteiger charge is 2.45. The fraction of sp³-hybridized carbons (Fsp3) is 0.522. The monoisotopic (exact) mass is 466 g/mol. The van der Waals surface area contributed by atoms with Crippen molar-refractivity contribution in [3.8, 4) is 11.5 Å². The molecule has 0 aliphatic carbocycles. The second kappa shape index (κ2) is 9.80. The zero-order valence-corrected chi connectivity index (χ0v) is 18.6. The number of esters is 1. The zero-order chi connectivity index (χ0) is 24.5. The van der Waals surface area contributed by atoms with Gasteiger partial charge in [-0.1, -0.05) is 24.3 Å². The molecule has 3 rings (SSSR count). The Kier molecular flexibility index (Phi) is 7.47. The Hall–Kier alpha value is -2.47. The summed E-state index contributed by atoms with van der Waals surface area (Å²) >= 11 is 0. The van der Waals surface area contributed by atoms with Gasteiger partial charge >= 0.3 is 5.97 Å². The van der Waals surface area contributed by atoms with Crippen LogP contribution in [-0.2, 0) is 20.6 Å². The lowest BCUT2D eigenvalue weighted by molar-refractivity contribution is -0.323. The molecular formula is C23H30O10. The van der Waals surface area contributed by atoms with Crippen LogP contribution in [0.1, 0.15) is 36.2 Å². The van der Waals surface area contributed by atoms with Gasteiger partial charge in [-0.25, -0.2) is 4.79 Å². The van der Waals surface area contributed by atoms with Crippen LogP contribution >= 0.6 is 0 Å². The predicted octanol–water partition coefficient (Wildman–Crippen LogP) is 0.565. The summed E-state index contributed by atoms with van der Waals surface area (Å²) < 4.78 is 16.0. The van der Waals surface area contributed by atoms with Crippen molar-refractivity contribution < 1.29 is 49.6 Å². The van der Waals surface area contributed by atoms with Crippen LogP contribution in [0.25, 0.3) is 10.8 Å². The lowest BCUT2D eigenvalue weighted by Crippen LogP contribution is -2.60. The normalized spacial score (nSPS) is 25.8. The van der Waals surface area contributed by atoms with E-state index < -0.39 is 48.9 Å². The molecule has 10 nitrogen and oxygen atoms in total. The van der Waals surface area contributed by atoms with Gasteiger partial charge in [-0.05, 0) is 26.7 Å². The number of methoxy groups -OCH3 is 1. The van der Waals surface area contributed by atoms with Gasteiger partial charge in [0.2, 0.25) is 0 Å². The molecule has 6 N–H and O–H groups in total. The number of aromatic hydroxyl groups is 2. The van der Waals surface area contributed by atoms with Crippen molar-refractivity contribution in [3.63, 3.8) is 0 Å². The topological polar surface area (TPSA) is 166 Å². The summed E-state index contributed by atoms with van der Waals surface area (Å²) in [7, 11) is 1.17. The molecule has 0 radical (unpaired) electrons. The molecule has 10 heteroatoms. The third kappa shape index (κ3) is 4.91. The molecule has 0 aromatic heterocycles. The predicted molar refractivity (Wildman–Crippen MR) is 116 cm³/mol. The smallest absolute Gasteiger partial charge is 0.342 e. The molecule has 2 aromatic carbocycles. The standard InChI is InChI=1S/C23H30O10/c1-23(2,33-22-20(29)19(28)18(27)14(10-24)32-22)9-8-13-15(21(30)31-3)17(26)12-7-5-4-6-11(12)16(13)25/h4-7,14,18-20,22,24-29H,8-10H2,1-3H3. The van der Waals surface area contributed by atoms with E-state index in [9.17, 15) is 35.4 Å². The molecule has 33 heavy (non-hydrogen) atoms. The van der Waals surface area contributed by atoms with Gasteiger partial charge in [0.1, 0.15) is 41.5 Å². The number of phenols is 2. The molecule has 1 heterocycles. The van der Waals surface area contributed by atoms with Gasteiger partial charge in [-0.3, -0.25) is 0 Å². The van der Waals surface area contributed by atoms with Gasteiger partial charge in [0.15, 0.2) is 6.29 Å². The molecule has 0 bridgehead atoms. The van der Waals surface area contributed by atoms with E-state index in [-0.39, 0.29) is 35.5 Å². The van der Waals surface area contributed by atoms with E-state index in [4.69, 9.17) is 14.2 Å². The highest BCUT2D eigenvalue weighted by Crippen LogP contribution is 2.41. The number of carbonyl (C=O) groups excluding carboxylic acids is 1.